The predicted molar refractivity (Wildman–Crippen MR) is 77.2 cm³/mol. The minimum atomic E-state index is -0.596. The Hall–Kier alpha value is -2.41. The van der Waals surface area contributed by atoms with Crippen LogP contribution in [0.15, 0.2) is 30.6 Å². The molecule has 0 bridgehead atoms. The summed E-state index contributed by atoms with van der Waals surface area (Å²) in [4.78, 5) is 29.3. The number of hydrogen-bond donors (Lipinski definition) is 2. The molecule has 0 saturated heterocycles. The van der Waals surface area contributed by atoms with Crippen molar-refractivity contribution in [3.63, 3.8) is 0 Å². The number of nitro benzene ring substituents is 1. The molecule has 0 aliphatic heterocycles. The number of aromatic amines is 1. The summed E-state index contributed by atoms with van der Waals surface area (Å²) in [6.45, 7) is 1.91. The lowest BCUT2D eigenvalue weighted by Crippen LogP contribution is -2.28. The molecule has 0 spiro atoms. The van der Waals surface area contributed by atoms with Crippen LogP contribution in [0.4, 0.5) is 5.69 Å². The molecule has 1 amide bonds. The molecule has 1 aromatic carbocycles. The third kappa shape index (κ3) is 3.38. The minimum Gasteiger partial charge on any atom is -0.347 e. The van der Waals surface area contributed by atoms with E-state index in [9.17, 15) is 14.9 Å². The number of aromatic nitrogens is 2. The Morgan fingerprint density at radius 2 is 2.33 bits per heavy atom. The maximum absolute atomic E-state index is 12.2. The van der Waals surface area contributed by atoms with Crippen molar-refractivity contribution in [3.05, 3.63) is 57.1 Å². The van der Waals surface area contributed by atoms with Gasteiger partial charge in [-0.1, -0.05) is 18.5 Å². The number of imidazole rings is 1. The van der Waals surface area contributed by atoms with Crippen molar-refractivity contribution in [3.8, 4) is 0 Å². The van der Waals surface area contributed by atoms with Gasteiger partial charge in [0.25, 0.3) is 11.6 Å². The van der Waals surface area contributed by atoms with Crippen molar-refractivity contribution in [2.24, 2.45) is 0 Å². The van der Waals surface area contributed by atoms with Gasteiger partial charge in [-0.05, 0) is 18.6 Å². The van der Waals surface area contributed by atoms with Crippen molar-refractivity contribution in [1.29, 1.82) is 0 Å². The number of nitrogens with one attached hydrogen (secondary N) is 2. The smallest absolute Gasteiger partial charge is 0.287 e. The van der Waals surface area contributed by atoms with Gasteiger partial charge in [0, 0.05) is 24.0 Å². The molecule has 2 N–H and O–H groups in total. The molecule has 21 heavy (non-hydrogen) atoms. The molecule has 0 aliphatic rings. The third-order valence-corrected chi connectivity index (χ3v) is 3.27. The largest absolute Gasteiger partial charge is 0.347 e. The fraction of sp³-hybridized carbons (Fsp3) is 0.231. The second-order valence-corrected chi connectivity index (χ2v) is 4.74. The van der Waals surface area contributed by atoms with E-state index in [4.69, 9.17) is 11.6 Å². The number of rotatable bonds is 5. The molecule has 1 unspecified atom stereocenters. The summed E-state index contributed by atoms with van der Waals surface area (Å²) in [6.07, 6.45) is 3.93. The number of nitrogens with zero attached hydrogens (tertiary/aromatic N) is 2. The van der Waals surface area contributed by atoms with Crippen molar-refractivity contribution < 1.29 is 9.72 Å². The average molecular weight is 309 g/mol. The number of amides is 1. The molecule has 1 heterocycles. The SMILES string of the molecule is CCC(NC(=O)c1ccc([N+](=O)[O-])c(Cl)c1)c1ncc[nH]1. The zero-order valence-corrected chi connectivity index (χ0v) is 11.9. The lowest BCUT2D eigenvalue weighted by molar-refractivity contribution is -0.384. The third-order valence-electron chi connectivity index (χ3n) is 2.97. The number of nitro groups is 1. The predicted octanol–water partition coefficient (Wildman–Crippen LogP) is 2.85. The van der Waals surface area contributed by atoms with Crippen LogP contribution in [0.5, 0.6) is 0 Å². The Balaban J connectivity index is 2.16. The van der Waals surface area contributed by atoms with Crippen LogP contribution in [-0.4, -0.2) is 20.8 Å². The highest BCUT2D eigenvalue weighted by molar-refractivity contribution is 6.33. The van der Waals surface area contributed by atoms with Gasteiger partial charge in [0.15, 0.2) is 0 Å². The number of halogens is 1. The second-order valence-electron chi connectivity index (χ2n) is 4.33. The standard InChI is InChI=1S/C13H13ClN4O3/c1-2-10(12-15-5-6-16-12)17-13(19)8-3-4-11(18(20)21)9(14)7-8/h3-7,10H,2H2,1H3,(H,15,16)(H,17,19). The number of carbonyl (C=O) groups excluding carboxylic acids is 1. The number of benzene rings is 1. The van der Waals surface area contributed by atoms with E-state index in [-0.39, 0.29) is 28.2 Å². The van der Waals surface area contributed by atoms with E-state index in [1.807, 2.05) is 6.92 Å². The monoisotopic (exact) mass is 308 g/mol. The lowest BCUT2D eigenvalue weighted by atomic mass is 10.1. The van der Waals surface area contributed by atoms with E-state index in [2.05, 4.69) is 15.3 Å². The van der Waals surface area contributed by atoms with Gasteiger partial charge in [0.05, 0.1) is 11.0 Å². The zero-order valence-electron chi connectivity index (χ0n) is 11.2. The van der Waals surface area contributed by atoms with E-state index in [0.717, 1.165) is 0 Å². The maximum atomic E-state index is 12.2. The molecule has 0 saturated carbocycles. The highest BCUT2D eigenvalue weighted by Crippen LogP contribution is 2.25. The molecule has 0 aliphatic carbocycles. The molecule has 2 rings (SSSR count). The first-order chi connectivity index (χ1) is 10.0. The van der Waals surface area contributed by atoms with Gasteiger partial charge in [-0.3, -0.25) is 14.9 Å². The highest BCUT2D eigenvalue weighted by atomic mass is 35.5. The number of hydrogen-bond acceptors (Lipinski definition) is 4. The van der Waals surface area contributed by atoms with Gasteiger partial charge in [-0.2, -0.15) is 0 Å². The van der Waals surface area contributed by atoms with Gasteiger partial charge < -0.3 is 10.3 Å². The second kappa shape index (κ2) is 6.36. The lowest BCUT2D eigenvalue weighted by Gasteiger charge is -2.14. The first-order valence-corrected chi connectivity index (χ1v) is 6.64. The van der Waals surface area contributed by atoms with Crippen molar-refractivity contribution in [2.75, 3.05) is 0 Å². The van der Waals surface area contributed by atoms with E-state index >= 15 is 0 Å². The maximum Gasteiger partial charge on any atom is 0.287 e. The summed E-state index contributed by atoms with van der Waals surface area (Å²) in [6, 6.07) is 3.60. The van der Waals surface area contributed by atoms with Crippen LogP contribution in [0.2, 0.25) is 5.02 Å². The molecule has 0 fully saturated rings. The Kier molecular flexibility index (Phi) is 4.54. The summed E-state index contributed by atoms with van der Waals surface area (Å²) < 4.78 is 0. The molecule has 1 atom stereocenters. The Labute approximate surface area is 125 Å². The summed E-state index contributed by atoms with van der Waals surface area (Å²) in [5.41, 5.74) is 0.0295. The van der Waals surface area contributed by atoms with Crippen LogP contribution >= 0.6 is 11.6 Å². The van der Waals surface area contributed by atoms with E-state index in [1.54, 1.807) is 12.4 Å². The van der Waals surface area contributed by atoms with E-state index in [0.29, 0.717) is 12.2 Å². The van der Waals surface area contributed by atoms with Gasteiger partial charge in [0.1, 0.15) is 10.8 Å². The van der Waals surface area contributed by atoms with Crippen molar-refractivity contribution in [1.82, 2.24) is 15.3 Å². The molecule has 1 aromatic heterocycles. The Morgan fingerprint density at radius 1 is 1.57 bits per heavy atom. The zero-order chi connectivity index (χ0) is 15.4. The normalized spacial score (nSPS) is 11.9. The fourth-order valence-corrected chi connectivity index (χ4v) is 2.12. The van der Waals surface area contributed by atoms with Crippen molar-refractivity contribution in [2.45, 2.75) is 19.4 Å². The molecular formula is C13H13ClN4O3. The van der Waals surface area contributed by atoms with Gasteiger partial charge >= 0.3 is 0 Å². The van der Waals surface area contributed by atoms with Crippen LogP contribution in [0.25, 0.3) is 0 Å². The molecular weight excluding hydrogens is 296 g/mol. The first-order valence-electron chi connectivity index (χ1n) is 6.27. The van der Waals surface area contributed by atoms with Gasteiger partial charge in [-0.15, -0.1) is 0 Å². The fourth-order valence-electron chi connectivity index (χ4n) is 1.87. The summed E-state index contributed by atoms with van der Waals surface area (Å²) >= 11 is 5.80. The van der Waals surface area contributed by atoms with Gasteiger partial charge in [0.2, 0.25) is 0 Å². The quantitative estimate of drug-likeness (QED) is 0.655. The summed E-state index contributed by atoms with van der Waals surface area (Å²) in [7, 11) is 0. The Morgan fingerprint density at radius 3 is 2.86 bits per heavy atom. The number of H-pyrrole nitrogens is 1. The summed E-state index contributed by atoms with van der Waals surface area (Å²) in [5.74, 6) is 0.286. The summed E-state index contributed by atoms with van der Waals surface area (Å²) in [5, 5.41) is 13.4. The average Bonchev–Trinajstić information content (AvgIpc) is 2.97. The molecule has 2 aromatic rings. The molecule has 7 nitrogen and oxygen atoms in total. The van der Waals surface area contributed by atoms with E-state index in [1.165, 1.54) is 18.2 Å². The first kappa shape index (κ1) is 15.0. The molecule has 0 radical (unpaired) electrons. The number of carbonyl (C=O) groups is 1. The minimum absolute atomic E-state index is 0.0707. The van der Waals surface area contributed by atoms with Crippen LogP contribution < -0.4 is 5.32 Å². The molecule has 110 valence electrons. The van der Waals surface area contributed by atoms with Crippen molar-refractivity contribution >= 4 is 23.2 Å². The highest BCUT2D eigenvalue weighted by Gasteiger charge is 2.19. The van der Waals surface area contributed by atoms with Gasteiger partial charge in [-0.25, -0.2) is 4.98 Å². The Bertz CT molecular complexity index is 657. The van der Waals surface area contributed by atoms with Crippen LogP contribution in [0.1, 0.15) is 35.6 Å². The molecule has 8 heteroatoms. The van der Waals surface area contributed by atoms with Crippen LogP contribution in [-0.2, 0) is 0 Å². The van der Waals surface area contributed by atoms with Crippen LogP contribution in [0, 0.1) is 10.1 Å². The van der Waals surface area contributed by atoms with E-state index < -0.39 is 4.92 Å². The topological polar surface area (TPSA) is 101 Å². The van der Waals surface area contributed by atoms with Crippen LogP contribution in [0.3, 0.4) is 0 Å².